The van der Waals surface area contributed by atoms with E-state index >= 15 is 0 Å². The third-order valence-electron chi connectivity index (χ3n) is 6.28. The lowest BCUT2D eigenvalue weighted by atomic mass is 9.92. The largest absolute Gasteiger partial charge is 0.417 e. The molecule has 3 aromatic rings. The van der Waals surface area contributed by atoms with E-state index in [1.165, 1.54) is 6.07 Å². The number of halogens is 3. The molecule has 0 aliphatic carbocycles. The Morgan fingerprint density at radius 1 is 1.23 bits per heavy atom. The van der Waals surface area contributed by atoms with Crippen molar-refractivity contribution < 1.29 is 22.5 Å². The highest BCUT2D eigenvalue weighted by Crippen LogP contribution is 2.33. The average Bonchev–Trinajstić information content (AvgIpc) is 3.15. The molecule has 1 aliphatic rings. The molecule has 4 rings (SSSR count). The molecule has 1 aliphatic heterocycles. The minimum absolute atomic E-state index is 0.142. The molecule has 1 atom stereocenters. The van der Waals surface area contributed by atoms with Crippen LogP contribution in [0.25, 0.3) is 11.1 Å². The van der Waals surface area contributed by atoms with Crippen LogP contribution in [0.5, 0.6) is 0 Å². The van der Waals surface area contributed by atoms with Crippen LogP contribution in [0.3, 0.4) is 0 Å². The van der Waals surface area contributed by atoms with E-state index in [0.717, 1.165) is 47.4 Å². The second-order valence-electron chi connectivity index (χ2n) is 8.84. The Kier molecular flexibility index (Phi) is 6.69. The fourth-order valence-electron chi connectivity index (χ4n) is 4.46. The molecule has 6 nitrogen and oxygen atoms in total. The highest BCUT2D eigenvalue weighted by molar-refractivity contribution is 6.02. The zero-order valence-corrected chi connectivity index (χ0v) is 19.9. The Balaban J connectivity index is 1.60. The summed E-state index contributed by atoms with van der Waals surface area (Å²) in [7, 11) is 0. The first-order chi connectivity index (χ1) is 16.6. The van der Waals surface area contributed by atoms with Gasteiger partial charge in [-0.3, -0.25) is 4.79 Å². The molecule has 35 heavy (non-hydrogen) atoms. The fraction of sp³-hybridized carbons (Fsp3) is 0.346. The Morgan fingerprint density at radius 2 is 2.00 bits per heavy atom. The molecular weight excluding hydrogens is 457 g/mol. The molecule has 0 saturated carbocycles. The van der Waals surface area contributed by atoms with Crippen molar-refractivity contribution in [3.63, 3.8) is 0 Å². The number of pyridine rings is 1. The molecule has 0 bridgehead atoms. The van der Waals surface area contributed by atoms with E-state index < -0.39 is 11.7 Å². The van der Waals surface area contributed by atoms with Gasteiger partial charge in [0.15, 0.2) is 0 Å². The molecule has 1 N–H and O–H groups in total. The van der Waals surface area contributed by atoms with E-state index in [1.807, 2.05) is 39.0 Å². The second-order valence-corrected chi connectivity index (χ2v) is 8.84. The van der Waals surface area contributed by atoms with Crippen molar-refractivity contribution in [1.82, 2.24) is 15.0 Å². The maximum absolute atomic E-state index is 13.9. The molecule has 184 valence electrons. The molecule has 1 fully saturated rings. The Bertz CT molecular complexity index is 1230. The summed E-state index contributed by atoms with van der Waals surface area (Å²) in [4.78, 5) is 19.5. The number of rotatable bonds is 5. The van der Waals surface area contributed by atoms with Gasteiger partial charge in [-0.25, -0.2) is 4.98 Å². The Hall–Kier alpha value is -3.62. The van der Waals surface area contributed by atoms with Gasteiger partial charge in [-0.15, -0.1) is 0 Å². The molecule has 1 saturated heterocycles. The number of hydrogen-bond acceptors (Lipinski definition) is 5. The Labute approximate surface area is 201 Å². The first kappa shape index (κ1) is 24.5. The predicted molar refractivity (Wildman–Crippen MR) is 127 cm³/mol. The number of amides is 1. The van der Waals surface area contributed by atoms with E-state index in [0.29, 0.717) is 29.4 Å². The van der Waals surface area contributed by atoms with Gasteiger partial charge >= 0.3 is 6.18 Å². The van der Waals surface area contributed by atoms with Crippen LogP contribution in [-0.2, 0) is 6.18 Å². The van der Waals surface area contributed by atoms with Crippen LogP contribution in [0, 0.1) is 20.8 Å². The van der Waals surface area contributed by atoms with E-state index in [2.05, 4.69) is 22.0 Å². The van der Waals surface area contributed by atoms with Gasteiger partial charge in [-0.1, -0.05) is 35.0 Å². The van der Waals surface area contributed by atoms with Crippen LogP contribution in [0.4, 0.5) is 19.0 Å². The van der Waals surface area contributed by atoms with Crippen LogP contribution >= 0.6 is 0 Å². The molecule has 3 heterocycles. The smallest absolute Gasteiger partial charge is 0.368 e. The number of aromatic nitrogens is 2. The van der Waals surface area contributed by atoms with Crippen molar-refractivity contribution in [3.8, 4) is 11.1 Å². The number of carbonyl (C=O) groups is 1. The van der Waals surface area contributed by atoms with Crippen LogP contribution in [0.2, 0.25) is 0 Å². The van der Waals surface area contributed by atoms with Crippen molar-refractivity contribution >= 4 is 11.7 Å². The van der Waals surface area contributed by atoms with E-state index in [4.69, 9.17) is 4.52 Å². The van der Waals surface area contributed by atoms with E-state index in [-0.39, 0.29) is 18.5 Å². The van der Waals surface area contributed by atoms with Gasteiger partial charge in [0.1, 0.15) is 11.6 Å². The quantitative estimate of drug-likeness (QED) is 0.453. The van der Waals surface area contributed by atoms with Crippen molar-refractivity contribution in [2.24, 2.45) is 0 Å². The highest BCUT2D eigenvalue weighted by atomic mass is 19.4. The molecule has 0 radical (unpaired) electrons. The number of aryl methyl sites for hydroxylation is 3. The lowest BCUT2D eigenvalue weighted by molar-refractivity contribution is -0.137. The summed E-state index contributed by atoms with van der Waals surface area (Å²) in [6.07, 6.45) is -2.10. The topological polar surface area (TPSA) is 71.3 Å². The normalized spacial score (nSPS) is 16.5. The number of alkyl halides is 3. The average molecular weight is 485 g/mol. The van der Waals surface area contributed by atoms with Crippen LogP contribution in [0.15, 0.2) is 53.2 Å². The van der Waals surface area contributed by atoms with Gasteiger partial charge in [0.25, 0.3) is 5.91 Å². The third kappa shape index (κ3) is 5.08. The number of hydrogen-bond donors (Lipinski definition) is 1. The Morgan fingerprint density at radius 3 is 2.63 bits per heavy atom. The van der Waals surface area contributed by atoms with Gasteiger partial charge in [-0.05, 0) is 57.4 Å². The summed E-state index contributed by atoms with van der Waals surface area (Å²) in [5.41, 5.74) is 3.82. The molecule has 2 aromatic heterocycles. The van der Waals surface area contributed by atoms with Crippen LogP contribution < -0.4 is 5.32 Å². The minimum Gasteiger partial charge on any atom is -0.368 e. The highest BCUT2D eigenvalue weighted by Gasteiger charge is 2.33. The number of likely N-dealkylation sites (tertiary alicyclic amines) is 1. The molecule has 0 unspecified atom stereocenters. The standard InChI is InChI=1S/C26H27F3N4O2/c1-15-7-9-20(24-17(3)32-35-18(24)4)21(12-15)25(34)33-11-5-6-16(2)22(33)14-31-23-10-8-19(13-30-23)26(27,28)29/h7-10,12-13,22H,2,5-6,11,14H2,1,3-4H3,(H,30,31)/t22-/m1/s1. The van der Waals surface area contributed by atoms with E-state index in [9.17, 15) is 18.0 Å². The monoisotopic (exact) mass is 484 g/mol. The van der Waals surface area contributed by atoms with Crippen molar-refractivity contribution in [2.45, 2.75) is 45.8 Å². The first-order valence-corrected chi connectivity index (χ1v) is 11.4. The minimum atomic E-state index is -4.45. The summed E-state index contributed by atoms with van der Waals surface area (Å²) in [6, 6.07) is 7.66. The number of nitrogens with one attached hydrogen (secondary N) is 1. The number of carbonyl (C=O) groups excluding carboxylic acids is 1. The first-order valence-electron chi connectivity index (χ1n) is 11.4. The lowest BCUT2D eigenvalue weighted by Gasteiger charge is -2.38. The van der Waals surface area contributed by atoms with Crippen molar-refractivity contribution in [3.05, 3.63) is 76.8 Å². The second kappa shape index (κ2) is 9.56. The number of benzene rings is 1. The molecular formula is C26H27F3N4O2. The van der Waals surface area contributed by atoms with Gasteiger partial charge in [0.2, 0.25) is 0 Å². The van der Waals surface area contributed by atoms with Crippen molar-refractivity contribution in [1.29, 1.82) is 0 Å². The maximum atomic E-state index is 13.9. The van der Waals surface area contributed by atoms with Gasteiger partial charge in [0, 0.05) is 30.4 Å². The number of piperidine rings is 1. The summed E-state index contributed by atoms with van der Waals surface area (Å²) in [5, 5.41) is 7.11. The third-order valence-corrected chi connectivity index (χ3v) is 6.28. The van der Waals surface area contributed by atoms with Crippen LogP contribution in [0.1, 0.15) is 45.8 Å². The summed E-state index contributed by atoms with van der Waals surface area (Å²) in [5.74, 6) is 0.794. The van der Waals surface area contributed by atoms with Gasteiger partial charge in [-0.2, -0.15) is 13.2 Å². The number of anilines is 1. The molecule has 1 amide bonds. The summed E-state index contributed by atoms with van der Waals surface area (Å²) in [6.45, 7) is 10.6. The summed E-state index contributed by atoms with van der Waals surface area (Å²) < 4.78 is 43.8. The van der Waals surface area contributed by atoms with Gasteiger partial charge in [0.05, 0.1) is 17.3 Å². The molecule has 1 aromatic carbocycles. The summed E-state index contributed by atoms with van der Waals surface area (Å²) >= 11 is 0. The van der Waals surface area contributed by atoms with Gasteiger partial charge < -0.3 is 14.7 Å². The van der Waals surface area contributed by atoms with E-state index in [1.54, 1.807) is 4.90 Å². The molecule has 0 spiro atoms. The van der Waals surface area contributed by atoms with Crippen molar-refractivity contribution in [2.75, 3.05) is 18.4 Å². The zero-order valence-electron chi connectivity index (χ0n) is 19.9. The lowest BCUT2D eigenvalue weighted by Crippen LogP contribution is -2.48. The predicted octanol–water partition coefficient (Wildman–Crippen LogP) is 5.95. The van der Waals surface area contributed by atoms with Crippen LogP contribution in [-0.4, -0.2) is 40.1 Å². The maximum Gasteiger partial charge on any atom is 0.417 e. The number of nitrogens with zero attached hydrogens (tertiary/aromatic N) is 3. The SMILES string of the molecule is C=C1CCCN(C(=O)c2cc(C)ccc2-c2c(C)noc2C)[C@@H]1CNc1ccc(C(F)(F)F)cn1. The fourth-order valence-corrected chi connectivity index (χ4v) is 4.46. The zero-order chi connectivity index (χ0) is 25.3. The molecule has 9 heteroatoms.